The second kappa shape index (κ2) is 11.4. The second-order valence-corrected chi connectivity index (χ2v) is 9.75. The van der Waals surface area contributed by atoms with E-state index in [1.54, 1.807) is 24.3 Å². The lowest BCUT2D eigenvalue weighted by Crippen LogP contribution is -2.29. The molecule has 8 heteroatoms. The molecule has 178 valence electrons. The van der Waals surface area contributed by atoms with Gasteiger partial charge in [-0.2, -0.15) is 0 Å². The number of rotatable bonds is 9. The van der Waals surface area contributed by atoms with Crippen molar-refractivity contribution in [3.05, 3.63) is 104 Å². The first kappa shape index (κ1) is 24.8. The number of hydrogen-bond acceptors (Lipinski definition) is 5. The summed E-state index contributed by atoms with van der Waals surface area (Å²) in [4.78, 5) is 37.8. The third kappa shape index (κ3) is 6.41. The highest BCUT2D eigenvalue weighted by molar-refractivity contribution is 9.10. The van der Waals surface area contributed by atoms with Crippen LogP contribution >= 0.6 is 27.7 Å². The smallest absolute Gasteiger partial charge is 0.335 e. The van der Waals surface area contributed by atoms with Crippen molar-refractivity contribution in [1.29, 1.82) is 0 Å². The monoisotopic (exact) mass is 551 g/mol. The van der Waals surface area contributed by atoms with Crippen LogP contribution in [0.4, 0.5) is 4.79 Å². The molecule has 35 heavy (non-hydrogen) atoms. The van der Waals surface area contributed by atoms with E-state index in [-0.39, 0.29) is 23.3 Å². The molecule has 1 N–H and O–H groups in total. The van der Waals surface area contributed by atoms with E-state index in [2.05, 4.69) is 15.9 Å². The van der Waals surface area contributed by atoms with Gasteiger partial charge in [0.05, 0.1) is 14.9 Å². The Bertz CT molecular complexity index is 1270. The number of carboxylic acid groups (broad SMARTS) is 1. The summed E-state index contributed by atoms with van der Waals surface area (Å²) in [7, 11) is 0. The van der Waals surface area contributed by atoms with Gasteiger partial charge in [0.1, 0.15) is 12.4 Å². The molecule has 0 unspecified atom stereocenters. The summed E-state index contributed by atoms with van der Waals surface area (Å²) < 4.78 is 6.54. The van der Waals surface area contributed by atoms with Gasteiger partial charge in [-0.3, -0.25) is 14.5 Å². The molecule has 1 heterocycles. The first-order valence-electron chi connectivity index (χ1n) is 10.9. The maximum absolute atomic E-state index is 12.8. The fourth-order valence-corrected chi connectivity index (χ4v) is 4.93. The van der Waals surface area contributed by atoms with Crippen molar-refractivity contribution in [3.8, 4) is 5.75 Å². The van der Waals surface area contributed by atoms with E-state index < -0.39 is 5.97 Å². The topological polar surface area (TPSA) is 83.9 Å². The number of aromatic carboxylic acids is 1. The van der Waals surface area contributed by atoms with Gasteiger partial charge in [0, 0.05) is 6.54 Å². The molecule has 1 aliphatic rings. The zero-order valence-electron chi connectivity index (χ0n) is 18.6. The van der Waals surface area contributed by atoms with Gasteiger partial charge in [0.15, 0.2) is 0 Å². The van der Waals surface area contributed by atoms with E-state index in [9.17, 15) is 14.4 Å². The molecular weight excluding hydrogens is 530 g/mol. The van der Waals surface area contributed by atoms with Gasteiger partial charge in [0.2, 0.25) is 0 Å². The first-order valence-corrected chi connectivity index (χ1v) is 12.6. The third-order valence-electron chi connectivity index (χ3n) is 5.41. The van der Waals surface area contributed by atoms with Crippen LogP contribution in [-0.4, -0.2) is 33.7 Å². The van der Waals surface area contributed by atoms with Crippen LogP contribution in [-0.2, 0) is 17.8 Å². The lowest BCUT2D eigenvalue weighted by Gasteiger charge is -2.12. The van der Waals surface area contributed by atoms with E-state index in [0.29, 0.717) is 28.1 Å². The second-order valence-electron chi connectivity index (χ2n) is 7.90. The minimum atomic E-state index is -0.971. The standard InChI is InChI=1S/C27H22BrNO5S/c28-22-15-20(10-13-23(22)34-17-19-8-11-21(12-9-19)26(31)32)16-24-25(30)29(27(33)35-24)14-4-7-18-5-2-1-3-6-18/h1-3,5-6,8-13,15-16H,4,7,14,17H2,(H,31,32)/b24-16+. The van der Waals surface area contributed by atoms with Crippen LogP contribution in [0.3, 0.4) is 0 Å². The number of imide groups is 1. The predicted molar refractivity (Wildman–Crippen MR) is 139 cm³/mol. The molecule has 4 rings (SSSR count). The predicted octanol–water partition coefficient (Wildman–Crippen LogP) is 6.40. The van der Waals surface area contributed by atoms with Crippen LogP contribution < -0.4 is 4.74 Å². The molecular formula is C27H22BrNO5S. The number of carbonyl (C=O) groups excluding carboxylic acids is 2. The van der Waals surface area contributed by atoms with Crippen LogP contribution in [0.5, 0.6) is 5.75 Å². The minimum absolute atomic E-state index is 0.222. The Kier molecular flexibility index (Phi) is 8.05. The number of hydrogen-bond donors (Lipinski definition) is 1. The number of halogens is 1. The molecule has 3 aromatic carbocycles. The van der Waals surface area contributed by atoms with Crippen LogP contribution in [0.15, 0.2) is 82.2 Å². The van der Waals surface area contributed by atoms with Gasteiger partial charge in [-0.25, -0.2) is 4.79 Å². The Morgan fingerprint density at radius 3 is 2.43 bits per heavy atom. The number of aryl methyl sites for hydroxylation is 1. The van der Waals surface area contributed by atoms with E-state index in [1.807, 2.05) is 42.5 Å². The average Bonchev–Trinajstić information content (AvgIpc) is 3.11. The summed E-state index contributed by atoms with van der Waals surface area (Å²) in [5.41, 5.74) is 3.01. The fourth-order valence-electron chi connectivity index (χ4n) is 3.56. The molecule has 1 fully saturated rings. The summed E-state index contributed by atoms with van der Waals surface area (Å²) in [6.07, 6.45) is 3.23. The molecule has 0 atom stereocenters. The Morgan fingerprint density at radius 1 is 1.00 bits per heavy atom. The van der Waals surface area contributed by atoms with E-state index >= 15 is 0 Å². The minimum Gasteiger partial charge on any atom is -0.488 e. The maximum Gasteiger partial charge on any atom is 0.335 e. The maximum atomic E-state index is 12.8. The van der Waals surface area contributed by atoms with Crippen molar-refractivity contribution < 1.29 is 24.2 Å². The van der Waals surface area contributed by atoms with Gasteiger partial charge in [-0.15, -0.1) is 0 Å². The zero-order valence-corrected chi connectivity index (χ0v) is 21.1. The molecule has 0 bridgehead atoms. The van der Waals surface area contributed by atoms with Crippen LogP contribution in [0.25, 0.3) is 6.08 Å². The number of benzene rings is 3. The number of carboxylic acids is 1. The molecule has 0 spiro atoms. The van der Waals surface area contributed by atoms with E-state index in [1.165, 1.54) is 22.6 Å². The zero-order chi connectivity index (χ0) is 24.8. The van der Waals surface area contributed by atoms with Gasteiger partial charge >= 0.3 is 5.97 Å². The number of thioether (sulfide) groups is 1. The Labute approximate surface area is 215 Å². The molecule has 1 saturated heterocycles. The highest BCUT2D eigenvalue weighted by atomic mass is 79.9. The van der Waals surface area contributed by atoms with Crippen LogP contribution in [0.1, 0.15) is 33.5 Å². The van der Waals surface area contributed by atoms with E-state index in [0.717, 1.165) is 29.3 Å². The third-order valence-corrected chi connectivity index (χ3v) is 6.94. The van der Waals surface area contributed by atoms with Gasteiger partial charge < -0.3 is 9.84 Å². The lowest BCUT2D eigenvalue weighted by molar-refractivity contribution is -0.122. The Balaban J connectivity index is 1.35. The number of nitrogens with zero attached hydrogens (tertiary/aromatic N) is 1. The molecule has 0 aromatic heterocycles. The average molecular weight is 552 g/mol. The summed E-state index contributed by atoms with van der Waals surface area (Å²) >= 11 is 4.45. The molecule has 1 aliphatic heterocycles. The summed E-state index contributed by atoms with van der Waals surface area (Å²) in [5, 5.41) is 8.74. The highest BCUT2D eigenvalue weighted by Crippen LogP contribution is 2.34. The van der Waals surface area contributed by atoms with Crippen molar-refractivity contribution in [3.63, 3.8) is 0 Å². The molecule has 0 saturated carbocycles. The molecule has 0 aliphatic carbocycles. The van der Waals surface area contributed by atoms with Gasteiger partial charge in [-0.1, -0.05) is 48.5 Å². The summed E-state index contributed by atoms with van der Waals surface area (Å²) in [6, 6.07) is 21.9. The number of carbonyl (C=O) groups is 3. The van der Waals surface area contributed by atoms with Gasteiger partial charge in [-0.05, 0) is 87.6 Å². The normalized spacial score (nSPS) is 14.5. The molecule has 2 amide bonds. The Hall–Kier alpha value is -3.36. The van der Waals surface area contributed by atoms with Crippen molar-refractivity contribution in [1.82, 2.24) is 4.90 Å². The summed E-state index contributed by atoms with van der Waals surface area (Å²) in [6.45, 7) is 0.667. The SMILES string of the molecule is O=C(O)c1ccc(COc2ccc(/C=C3/SC(=O)N(CCCc4ccccc4)C3=O)cc2Br)cc1. The van der Waals surface area contributed by atoms with Crippen molar-refractivity contribution in [2.45, 2.75) is 19.4 Å². The first-order chi connectivity index (χ1) is 16.9. The number of amides is 2. The highest BCUT2D eigenvalue weighted by Gasteiger charge is 2.34. The molecule has 0 radical (unpaired) electrons. The largest absolute Gasteiger partial charge is 0.488 e. The number of ether oxygens (including phenoxy) is 1. The lowest BCUT2D eigenvalue weighted by atomic mass is 10.1. The molecule has 3 aromatic rings. The Morgan fingerprint density at radius 2 is 1.74 bits per heavy atom. The molecule has 6 nitrogen and oxygen atoms in total. The van der Waals surface area contributed by atoms with E-state index in [4.69, 9.17) is 9.84 Å². The van der Waals surface area contributed by atoms with Crippen LogP contribution in [0, 0.1) is 0 Å². The quantitative estimate of drug-likeness (QED) is 0.310. The van der Waals surface area contributed by atoms with Crippen molar-refractivity contribution >= 4 is 50.9 Å². The fraction of sp³-hybridized carbons (Fsp3) is 0.148. The summed E-state index contributed by atoms with van der Waals surface area (Å²) in [5.74, 6) is -0.631. The van der Waals surface area contributed by atoms with Crippen LogP contribution in [0.2, 0.25) is 0 Å². The van der Waals surface area contributed by atoms with Crippen molar-refractivity contribution in [2.24, 2.45) is 0 Å². The van der Waals surface area contributed by atoms with Gasteiger partial charge in [0.25, 0.3) is 11.1 Å². The van der Waals surface area contributed by atoms with Crippen molar-refractivity contribution in [2.75, 3.05) is 6.54 Å².